The number of benzene rings is 1. The van der Waals surface area contributed by atoms with Crippen LogP contribution in [0.25, 0.3) is 0 Å². The van der Waals surface area contributed by atoms with Gasteiger partial charge in [-0.25, -0.2) is 4.39 Å². The quantitative estimate of drug-likeness (QED) is 0.889. The van der Waals surface area contributed by atoms with Gasteiger partial charge in [-0.15, -0.1) is 0 Å². The normalized spacial score (nSPS) is 25.8. The highest BCUT2D eigenvalue weighted by atomic mass is 19.1. The highest BCUT2D eigenvalue weighted by Gasteiger charge is 2.36. The number of fused-ring (bicyclic) bond motifs is 1. The lowest BCUT2D eigenvalue weighted by Gasteiger charge is -2.40. The predicted molar refractivity (Wildman–Crippen MR) is 73.0 cm³/mol. The Balaban J connectivity index is 2.27. The van der Waals surface area contributed by atoms with Crippen molar-refractivity contribution in [3.63, 3.8) is 0 Å². The summed E-state index contributed by atoms with van der Waals surface area (Å²) in [7, 11) is 1.69. The monoisotopic (exact) mass is 267 g/mol. The second-order valence-corrected chi connectivity index (χ2v) is 5.29. The van der Waals surface area contributed by atoms with E-state index in [1.54, 1.807) is 19.2 Å². The van der Waals surface area contributed by atoms with Crippen molar-refractivity contribution >= 4 is 0 Å². The van der Waals surface area contributed by atoms with Crippen LogP contribution in [0.1, 0.15) is 38.3 Å². The molecule has 4 heteroatoms. The summed E-state index contributed by atoms with van der Waals surface area (Å²) in [5.74, 6) is 0.558. The van der Waals surface area contributed by atoms with E-state index >= 15 is 0 Å². The average Bonchev–Trinajstić information content (AvgIpc) is 2.38. The van der Waals surface area contributed by atoms with Crippen molar-refractivity contribution in [3.05, 3.63) is 29.6 Å². The van der Waals surface area contributed by atoms with E-state index in [2.05, 4.69) is 19.2 Å². The van der Waals surface area contributed by atoms with E-state index in [-0.39, 0.29) is 17.5 Å². The van der Waals surface area contributed by atoms with Crippen LogP contribution in [0.4, 0.5) is 4.39 Å². The van der Waals surface area contributed by atoms with E-state index in [1.807, 2.05) is 0 Å². The Hall–Kier alpha value is -1.13. The highest BCUT2D eigenvalue weighted by molar-refractivity contribution is 5.39. The largest absolute Gasteiger partial charge is 0.487 e. The van der Waals surface area contributed by atoms with Crippen molar-refractivity contribution in [2.24, 2.45) is 0 Å². The first-order chi connectivity index (χ1) is 9.08. The molecule has 1 aromatic rings. The molecule has 0 bridgehead atoms. The molecule has 106 valence electrons. The molecule has 19 heavy (non-hydrogen) atoms. The van der Waals surface area contributed by atoms with Crippen LogP contribution >= 0.6 is 0 Å². The number of hydrogen-bond donors (Lipinski definition) is 1. The molecular weight excluding hydrogens is 245 g/mol. The average molecular weight is 267 g/mol. The fraction of sp³-hybridized carbons (Fsp3) is 0.600. The van der Waals surface area contributed by atoms with E-state index in [1.165, 1.54) is 6.07 Å². The summed E-state index contributed by atoms with van der Waals surface area (Å²) in [6.45, 7) is 5.65. The lowest BCUT2D eigenvalue weighted by molar-refractivity contribution is 0.0171. The zero-order valence-electron chi connectivity index (χ0n) is 11.8. The van der Waals surface area contributed by atoms with E-state index in [9.17, 15) is 4.39 Å². The second kappa shape index (κ2) is 5.88. The molecule has 1 aliphatic heterocycles. The maximum absolute atomic E-state index is 13.4. The number of methoxy groups -OCH3 is 1. The van der Waals surface area contributed by atoms with E-state index in [0.29, 0.717) is 6.61 Å². The van der Waals surface area contributed by atoms with Gasteiger partial charge in [-0.2, -0.15) is 0 Å². The van der Waals surface area contributed by atoms with Crippen molar-refractivity contribution in [2.45, 2.75) is 38.3 Å². The maximum atomic E-state index is 13.4. The molecule has 0 aromatic heterocycles. The number of rotatable bonds is 5. The van der Waals surface area contributed by atoms with Crippen LogP contribution in [-0.4, -0.2) is 25.9 Å². The smallest absolute Gasteiger partial charge is 0.125 e. The molecule has 0 fully saturated rings. The molecule has 2 rings (SSSR count). The highest BCUT2D eigenvalue weighted by Crippen LogP contribution is 2.41. The van der Waals surface area contributed by atoms with Crippen LogP contribution in [0.15, 0.2) is 18.2 Å². The molecule has 0 saturated carbocycles. The van der Waals surface area contributed by atoms with Gasteiger partial charge in [0.05, 0.1) is 0 Å². The van der Waals surface area contributed by atoms with Gasteiger partial charge in [-0.05, 0) is 31.7 Å². The number of nitrogens with one attached hydrogen (secondary N) is 1. The van der Waals surface area contributed by atoms with Gasteiger partial charge in [0.2, 0.25) is 0 Å². The Morgan fingerprint density at radius 1 is 1.53 bits per heavy atom. The minimum Gasteiger partial charge on any atom is -0.487 e. The van der Waals surface area contributed by atoms with Crippen molar-refractivity contribution in [1.82, 2.24) is 5.32 Å². The van der Waals surface area contributed by atoms with Crippen LogP contribution in [0.3, 0.4) is 0 Å². The first-order valence-electron chi connectivity index (χ1n) is 6.79. The lowest BCUT2D eigenvalue weighted by Crippen LogP contribution is -2.42. The third-order valence-electron chi connectivity index (χ3n) is 3.63. The fourth-order valence-corrected chi connectivity index (χ4v) is 2.63. The summed E-state index contributed by atoms with van der Waals surface area (Å²) in [6.07, 6.45) is 1.64. The van der Waals surface area contributed by atoms with Crippen LogP contribution in [-0.2, 0) is 4.74 Å². The molecule has 3 nitrogen and oxygen atoms in total. The standard InChI is InChI=1S/C15H22FNO2/c1-4-17-13-10-15(2,7-8-18-3)19-14-6-5-11(16)9-12(13)14/h5-6,9,13,17H,4,7-8,10H2,1-3H3. The van der Waals surface area contributed by atoms with Crippen LogP contribution in [0.2, 0.25) is 0 Å². The van der Waals surface area contributed by atoms with Crippen LogP contribution < -0.4 is 10.1 Å². The van der Waals surface area contributed by atoms with Gasteiger partial charge in [-0.3, -0.25) is 0 Å². The van der Waals surface area contributed by atoms with Crippen LogP contribution in [0, 0.1) is 5.82 Å². The SMILES string of the molecule is CCNC1CC(C)(CCOC)Oc2ccc(F)cc21. The van der Waals surface area contributed by atoms with Crippen molar-refractivity contribution in [1.29, 1.82) is 0 Å². The third kappa shape index (κ3) is 3.25. The first kappa shape index (κ1) is 14.3. The summed E-state index contributed by atoms with van der Waals surface area (Å²) < 4.78 is 24.6. The summed E-state index contributed by atoms with van der Waals surface area (Å²) in [5.41, 5.74) is 0.643. The van der Waals surface area contributed by atoms with Gasteiger partial charge >= 0.3 is 0 Å². The molecule has 0 radical (unpaired) electrons. The predicted octanol–water partition coefficient (Wildman–Crippen LogP) is 3.05. The molecule has 0 saturated heterocycles. The Morgan fingerprint density at radius 2 is 2.32 bits per heavy atom. The van der Waals surface area contributed by atoms with E-state index in [0.717, 1.165) is 30.7 Å². The van der Waals surface area contributed by atoms with Gasteiger partial charge in [0.25, 0.3) is 0 Å². The summed E-state index contributed by atoms with van der Waals surface area (Å²) in [6, 6.07) is 4.87. The van der Waals surface area contributed by atoms with Crippen LogP contribution in [0.5, 0.6) is 5.75 Å². The molecule has 2 atom stereocenters. The number of ether oxygens (including phenoxy) is 2. The first-order valence-corrected chi connectivity index (χ1v) is 6.79. The second-order valence-electron chi connectivity index (χ2n) is 5.29. The number of hydrogen-bond acceptors (Lipinski definition) is 3. The third-order valence-corrected chi connectivity index (χ3v) is 3.63. The molecule has 1 N–H and O–H groups in total. The molecule has 1 aromatic carbocycles. The van der Waals surface area contributed by atoms with E-state index in [4.69, 9.17) is 9.47 Å². The molecule has 0 aliphatic carbocycles. The van der Waals surface area contributed by atoms with E-state index < -0.39 is 0 Å². The van der Waals surface area contributed by atoms with Crippen molar-refractivity contribution in [2.75, 3.05) is 20.3 Å². The van der Waals surface area contributed by atoms with Gasteiger partial charge in [0, 0.05) is 38.2 Å². The molecular formula is C15H22FNO2. The zero-order chi connectivity index (χ0) is 13.9. The van der Waals surface area contributed by atoms with Gasteiger partial charge in [-0.1, -0.05) is 6.92 Å². The van der Waals surface area contributed by atoms with Gasteiger partial charge in [0.1, 0.15) is 17.2 Å². The Morgan fingerprint density at radius 3 is 3.00 bits per heavy atom. The maximum Gasteiger partial charge on any atom is 0.125 e. The zero-order valence-corrected chi connectivity index (χ0v) is 11.8. The Labute approximate surface area is 114 Å². The minimum atomic E-state index is -0.270. The molecule has 0 spiro atoms. The summed E-state index contributed by atoms with van der Waals surface area (Å²) >= 11 is 0. The summed E-state index contributed by atoms with van der Waals surface area (Å²) in [4.78, 5) is 0. The topological polar surface area (TPSA) is 30.5 Å². The van der Waals surface area contributed by atoms with Crippen molar-refractivity contribution < 1.29 is 13.9 Å². The molecule has 2 unspecified atom stereocenters. The van der Waals surface area contributed by atoms with Gasteiger partial charge in [0.15, 0.2) is 0 Å². The Kier molecular flexibility index (Phi) is 4.42. The molecule has 1 heterocycles. The Bertz CT molecular complexity index is 438. The summed E-state index contributed by atoms with van der Waals surface area (Å²) in [5, 5.41) is 3.41. The number of halogens is 1. The minimum absolute atomic E-state index is 0.131. The van der Waals surface area contributed by atoms with Crippen molar-refractivity contribution in [3.8, 4) is 5.75 Å². The molecule has 1 aliphatic rings. The lowest BCUT2D eigenvalue weighted by atomic mass is 9.86. The van der Waals surface area contributed by atoms with Gasteiger partial charge < -0.3 is 14.8 Å². The molecule has 0 amide bonds. The fourth-order valence-electron chi connectivity index (χ4n) is 2.63.